The molecule has 0 aliphatic heterocycles. The van der Waals surface area contributed by atoms with E-state index in [1.54, 1.807) is 13.8 Å². The Morgan fingerprint density at radius 3 is 2.50 bits per heavy atom. The van der Waals surface area contributed by atoms with Crippen LogP contribution in [-0.2, 0) is 11.2 Å². The van der Waals surface area contributed by atoms with Crippen molar-refractivity contribution in [2.24, 2.45) is 0 Å². The number of halogens is 3. The van der Waals surface area contributed by atoms with Crippen molar-refractivity contribution in [3.8, 4) is 0 Å². The van der Waals surface area contributed by atoms with Crippen LogP contribution in [-0.4, -0.2) is 18.2 Å². The van der Waals surface area contributed by atoms with E-state index in [-0.39, 0.29) is 22.9 Å². The van der Waals surface area contributed by atoms with Gasteiger partial charge in [-0.25, -0.2) is 4.79 Å². The maximum absolute atomic E-state index is 12.3. The molecule has 0 spiro atoms. The van der Waals surface area contributed by atoms with E-state index in [1.807, 2.05) is 0 Å². The second kappa shape index (κ2) is 5.29. The quantitative estimate of drug-likeness (QED) is 0.672. The largest absolute Gasteiger partial charge is 0.459 e. The summed E-state index contributed by atoms with van der Waals surface area (Å²) < 4.78 is 41.8. The van der Waals surface area contributed by atoms with Crippen molar-refractivity contribution >= 4 is 11.7 Å². The third-order valence-corrected chi connectivity index (χ3v) is 2.15. The zero-order valence-corrected chi connectivity index (χ0v) is 10.0. The smallest absolute Gasteiger partial charge is 0.393 e. The van der Waals surface area contributed by atoms with Crippen molar-refractivity contribution in [2.45, 2.75) is 32.5 Å². The summed E-state index contributed by atoms with van der Waals surface area (Å²) in [6, 6.07) is 3.95. The summed E-state index contributed by atoms with van der Waals surface area (Å²) in [6.45, 7) is 3.29. The summed E-state index contributed by atoms with van der Waals surface area (Å²) in [5.74, 6) is -0.716. The number of hydrogen-bond acceptors (Lipinski definition) is 3. The molecule has 0 radical (unpaired) electrons. The number of nitrogens with two attached hydrogens (primary N) is 1. The van der Waals surface area contributed by atoms with Crippen LogP contribution in [0.4, 0.5) is 18.9 Å². The van der Waals surface area contributed by atoms with Crippen LogP contribution in [0.2, 0.25) is 0 Å². The van der Waals surface area contributed by atoms with Crippen LogP contribution in [0.5, 0.6) is 0 Å². The van der Waals surface area contributed by atoms with Gasteiger partial charge in [0.2, 0.25) is 0 Å². The van der Waals surface area contributed by atoms with E-state index in [1.165, 1.54) is 18.2 Å². The van der Waals surface area contributed by atoms with E-state index in [4.69, 9.17) is 10.5 Å². The number of ether oxygens (including phenoxy) is 1. The SMILES string of the molecule is CC(C)OC(=O)c1cccc(CC(F)(F)F)c1N. The first-order chi connectivity index (χ1) is 8.20. The summed E-state index contributed by atoms with van der Waals surface area (Å²) in [5.41, 5.74) is 5.23. The zero-order chi connectivity index (χ0) is 13.9. The zero-order valence-electron chi connectivity index (χ0n) is 10.0. The first kappa shape index (κ1) is 14.3. The molecule has 100 valence electrons. The topological polar surface area (TPSA) is 52.3 Å². The van der Waals surface area contributed by atoms with E-state index < -0.39 is 18.6 Å². The van der Waals surface area contributed by atoms with Crippen molar-refractivity contribution in [1.29, 1.82) is 0 Å². The minimum Gasteiger partial charge on any atom is -0.459 e. The highest BCUT2D eigenvalue weighted by atomic mass is 19.4. The van der Waals surface area contributed by atoms with E-state index in [0.717, 1.165) is 0 Å². The van der Waals surface area contributed by atoms with Crippen LogP contribution < -0.4 is 5.73 Å². The number of nitrogen functional groups attached to an aromatic ring is 1. The number of anilines is 1. The molecule has 0 aliphatic rings. The minimum absolute atomic E-state index is 0.0366. The van der Waals surface area contributed by atoms with Gasteiger partial charge in [-0.1, -0.05) is 12.1 Å². The van der Waals surface area contributed by atoms with Gasteiger partial charge in [-0.15, -0.1) is 0 Å². The normalized spacial score (nSPS) is 11.7. The highest BCUT2D eigenvalue weighted by Crippen LogP contribution is 2.27. The lowest BCUT2D eigenvalue weighted by atomic mass is 10.0. The van der Waals surface area contributed by atoms with Crippen molar-refractivity contribution < 1.29 is 22.7 Å². The molecule has 0 aliphatic carbocycles. The first-order valence-electron chi connectivity index (χ1n) is 5.36. The third kappa shape index (κ3) is 3.94. The van der Waals surface area contributed by atoms with Crippen molar-refractivity contribution in [2.75, 3.05) is 5.73 Å². The van der Waals surface area contributed by atoms with E-state index in [9.17, 15) is 18.0 Å². The number of para-hydroxylation sites is 1. The summed E-state index contributed by atoms with van der Waals surface area (Å²) >= 11 is 0. The van der Waals surface area contributed by atoms with E-state index in [0.29, 0.717) is 0 Å². The number of carbonyl (C=O) groups excluding carboxylic acids is 1. The van der Waals surface area contributed by atoms with Crippen LogP contribution in [0.15, 0.2) is 18.2 Å². The molecule has 1 rings (SSSR count). The Morgan fingerprint density at radius 1 is 1.39 bits per heavy atom. The molecule has 0 heterocycles. The van der Waals surface area contributed by atoms with Crippen LogP contribution in [0, 0.1) is 0 Å². The van der Waals surface area contributed by atoms with E-state index in [2.05, 4.69) is 0 Å². The molecule has 1 aromatic carbocycles. The average Bonchev–Trinajstić information content (AvgIpc) is 2.18. The second-order valence-corrected chi connectivity index (χ2v) is 4.12. The second-order valence-electron chi connectivity index (χ2n) is 4.12. The predicted octanol–water partition coefficient (Wildman–Crippen LogP) is 2.94. The molecule has 0 atom stereocenters. The van der Waals surface area contributed by atoms with Gasteiger partial charge in [-0.3, -0.25) is 0 Å². The molecular formula is C12H14F3NO2. The van der Waals surface area contributed by atoms with Gasteiger partial charge in [0.1, 0.15) is 0 Å². The third-order valence-electron chi connectivity index (χ3n) is 2.15. The van der Waals surface area contributed by atoms with Crippen molar-refractivity contribution in [1.82, 2.24) is 0 Å². The number of hydrogen-bond donors (Lipinski definition) is 1. The Bertz CT molecular complexity index is 441. The van der Waals surface area contributed by atoms with Gasteiger partial charge in [0.05, 0.1) is 18.1 Å². The minimum atomic E-state index is -4.37. The Labute approximate surface area is 103 Å². The number of carbonyl (C=O) groups is 1. The lowest BCUT2D eigenvalue weighted by Gasteiger charge is -2.13. The lowest BCUT2D eigenvalue weighted by molar-refractivity contribution is -0.127. The maximum atomic E-state index is 12.3. The van der Waals surface area contributed by atoms with Crippen molar-refractivity contribution in [3.63, 3.8) is 0 Å². The summed E-state index contributed by atoms with van der Waals surface area (Å²) in [5, 5.41) is 0. The monoisotopic (exact) mass is 261 g/mol. The van der Waals surface area contributed by atoms with Crippen molar-refractivity contribution in [3.05, 3.63) is 29.3 Å². The van der Waals surface area contributed by atoms with Gasteiger partial charge in [-0.2, -0.15) is 13.2 Å². The molecule has 3 nitrogen and oxygen atoms in total. The van der Waals surface area contributed by atoms with Gasteiger partial charge in [0.15, 0.2) is 0 Å². The molecular weight excluding hydrogens is 247 g/mol. The fourth-order valence-electron chi connectivity index (χ4n) is 1.44. The average molecular weight is 261 g/mol. The molecule has 0 saturated carbocycles. The van der Waals surface area contributed by atoms with Gasteiger partial charge in [0, 0.05) is 5.69 Å². The van der Waals surface area contributed by atoms with Crippen LogP contribution in [0.25, 0.3) is 0 Å². The molecule has 1 aromatic rings. The fraction of sp³-hybridized carbons (Fsp3) is 0.417. The molecule has 18 heavy (non-hydrogen) atoms. The Hall–Kier alpha value is -1.72. The summed E-state index contributed by atoms with van der Waals surface area (Å²) in [7, 11) is 0. The Kier molecular flexibility index (Phi) is 4.21. The highest BCUT2D eigenvalue weighted by molar-refractivity contribution is 5.95. The summed E-state index contributed by atoms with van der Waals surface area (Å²) in [6.07, 6.45) is -5.89. The summed E-state index contributed by atoms with van der Waals surface area (Å²) in [4.78, 5) is 11.6. The molecule has 0 fully saturated rings. The number of rotatable bonds is 3. The van der Waals surface area contributed by atoms with Crippen LogP contribution in [0.3, 0.4) is 0 Å². The number of esters is 1. The van der Waals surface area contributed by atoms with Crippen LogP contribution in [0.1, 0.15) is 29.8 Å². The fourth-order valence-corrected chi connectivity index (χ4v) is 1.44. The molecule has 6 heteroatoms. The Morgan fingerprint density at radius 2 is 2.00 bits per heavy atom. The molecule has 0 unspecified atom stereocenters. The predicted molar refractivity (Wildman–Crippen MR) is 61.2 cm³/mol. The molecule has 0 amide bonds. The maximum Gasteiger partial charge on any atom is 0.393 e. The van der Waals surface area contributed by atoms with Gasteiger partial charge in [-0.05, 0) is 25.5 Å². The highest BCUT2D eigenvalue weighted by Gasteiger charge is 2.29. The molecule has 0 bridgehead atoms. The molecule has 0 aromatic heterocycles. The van der Waals surface area contributed by atoms with E-state index >= 15 is 0 Å². The van der Waals surface area contributed by atoms with Gasteiger partial charge in [0.25, 0.3) is 0 Å². The lowest BCUT2D eigenvalue weighted by Crippen LogP contribution is -2.17. The Balaban J connectivity index is 3.02. The first-order valence-corrected chi connectivity index (χ1v) is 5.36. The van der Waals surface area contributed by atoms with Gasteiger partial charge >= 0.3 is 12.1 Å². The number of benzene rings is 1. The number of alkyl halides is 3. The van der Waals surface area contributed by atoms with Crippen LogP contribution >= 0.6 is 0 Å². The van der Waals surface area contributed by atoms with Gasteiger partial charge < -0.3 is 10.5 Å². The molecule has 2 N–H and O–H groups in total. The standard InChI is InChI=1S/C12H14F3NO2/c1-7(2)18-11(17)9-5-3-4-8(10(9)16)6-12(13,14)15/h3-5,7H,6,16H2,1-2H3. The molecule has 0 saturated heterocycles.